The molecule has 0 radical (unpaired) electrons. The van der Waals surface area contributed by atoms with Gasteiger partial charge in [0.2, 0.25) is 5.78 Å². The van der Waals surface area contributed by atoms with Crippen molar-refractivity contribution in [3.05, 3.63) is 52.3 Å². The summed E-state index contributed by atoms with van der Waals surface area (Å²) in [6, 6.07) is 6.36. The molecule has 0 aliphatic carbocycles. The van der Waals surface area contributed by atoms with Crippen molar-refractivity contribution >= 4 is 23.6 Å². The van der Waals surface area contributed by atoms with Crippen molar-refractivity contribution in [2.24, 2.45) is 0 Å². The number of ketones is 1. The molecule has 0 bridgehead atoms. The van der Waals surface area contributed by atoms with E-state index < -0.39 is 36.8 Å². The van der Waals surface area contributed by atoms with Crippen molar-refractivity contribution in [2.75, 3.05) is 26.9 Å². The molecular weight excluding hydrogens is 392 g/mol. The molecule has 2 N–H and O–H groups in total. The maximum atomic E-state index is 12.4. The molecule has 1 aromatic heterocycles. The summed E-state index contributed by atoms with van der Waals surface area (Å²) in [5.74, 6) is -1.65. The van der Waals surface area contributed by atoms with E-state index >= 15 is 0 Å². The van der Waals surface area contributed by atoms with E-state index in [1.165, 1.54) is 7.11 Å². The van der Waals surface area contributed by atoms with Gasteiger partial charge in [-0.3, -0.25) is 14.4 Å². The Morgan fingerprint density at radius 3 is 2.30 bits per heavy atom. The van der Waals surface area contributed by atoms with Crippen molar-refractivity contribution in [3.63, 3.8) is 0 Å². The Labute approximate surface area is 173 Å². The van der Waals surface area contributed by atoms with E-state index in [0.717, 1.165) is 0 Å². The van der Waals surface area contributed by atoms with Crippen LogP contribution in [0.3, 0.4) is 0 Å². The molecule has 1 heterocycles. The lowest BCUT2D eigenvalue weighted by molar-refractivity contribution is -0.141. The summed E-state index contributed by atoms with van der Waals surface area (Å²) in [6.07, 6.45) is 0. The van der Waals surface area contributed by atoms with Crippen LogP contribution in [-0.4, -0.2) is 55.5 Å². The zero-order valence-electron chi connectivity index (χ0n) is 17.3. The summed E-state index contributed by atoms with van der Waals surface area (Å²) in [5, 5.41) is 2.42. The second-order valence-electron chi connectivity index (χ2n) is 6.34. The number of esters is 2. The van der Waals surface area contributed by atoms with E-state index in [1.54, 1.807) is 45.0 Å². The van der Waals surface area contributed by atoms with E-state index in [9.17, 15) is 19.2 Å². The van der Waals surface area contributed by atoms with Gasteiger partial charge in [0.25, 0.3) is 5.91 Å². The lowest BCUT2D eigenvalue weighted by Gasteiger charge is -2.07. The van der Waals surface area contributed by atoms with Gasteiger partial charge < -0.3 is 24.5 Å². The quantitative estimate of drug-likeness (QED) is 0.473. The van der Waals surface area contributed by atoms with Gasteiger partial charge in [-0.05, 0) is 50.6 Å². The number of rotatable bonds is 9. The molecule has 1 aromatic carbocycles. The van der Waals surface area contributed by atoms with Crippen molar-refractivity contribution in [3.8, 4) is 5.75 Å². The molecule has 1 amide bonds. The number of aromatic nitrogens is 1. The summed E-state index contributed by atoms with van der Waals surface area (Å²) < 4.78 is 14.9. The Morgan fingerprint density at radius 2 is 1.70 bits per heavy atom. The van der Waals surface area contributed by atoms with Crippen molar-refractivity contribution in [1.82, 2.24) is 10.3 Å². The van der Waals surface area contributed by atoms with Gasteiger partial charge in [0.15, 0.2) is 6.61 Å². The van der Waals surface area contributed by atoms with E-state index in [4.69, 9.17) is 14.2 Å². The zero-order valence-corrected chi connectivity index (χ0v) is 17.3. The minimum absolute atomic E-state index is 0.172. The van der Waals surface area contributed by atoms with Crippen LogP contribution in [0.15, 0.2) is 24.3 Å². The Morgan fingerprint density at radius 1 is 1.03 bits per heavy atom. The van der Waals surface area contributed by atoms with Crippen molar-refractivity contribution < 1.29 is 33.4 Å². The number of H-pyrrole nitrogens is 1. The van der Waals surface area contributed by atoms with Gasteiger partial charge in [-0.25, -0.2) is 4.79 Å². The number of nitrogens with one attached hydrogen (secondary N) is 2. The minimum Gasteiger partial charge on any atom is -0.497 e. The highest BCUT2D eigenvalue weighted by atomic mass is 16.5. The normalized spacial score (nSPS) is 10.3. The number of aromatic amines is 1. The van der Waals surface area contributed by atoms with Crippen LogP contribution in [0.4, 0.5) is 0 Å². The summed E-state index contributed by atoms with van der Waals surface area (Å²) >= 11 is 0. The number of aryl methyl sites for hydroxylation is 1. The third-order valence-corrected chi connectivity index (χ3v) is 4.31. The van der Waals surface area contributed by atoms with E-state index in [1.807, 2.05) is 0 Å². The molecule has 160 valence electrons. The Hall–Kier alpha value is -3.62. The van der Waals surface area contributed by atoms with Gasteiger partial charge in [-0.1, -0.05) is 0 Å². The summed E-state index contributed by atoms with van der Waals surface area (Å²) in [6.45, 7) is 4.24. The maximum Gasteiger partial charge on any atom is 0.340 e. The van der Waals surface area contributed by atoms with Gasteiger partial charge in [0.1, 0.15) is 12.3 Å². The highest BCUT2D eigenvalue weighted by molar-refractivity contribution is 6.02. The van der Waals surface area contributed by atoms with Crippen LogP contribution >= 0.6 is 0 Å². The van der Waals surface area contributed by atoms with Crippen LogP contribution in [-0.2, 0) is 14.3 Å². The summed E-state index contributed by atoms with van der Waals surface area (Å²) in [7, 11) is 1.51. The van der Waals surface area contributed by atoms with Crippen LogP contribution in [0.5, 0.6) is 5.75 Å². The predicted octanol–water partition coefficient (Wildman–Crippen LogP) is 1.97. The third kappa shape index (κ3) is 5.47. The molecule has 30 heavy (non-hydrogen) atoms. The molecule has 0 fully saturated rings. The molecule has 9 heteroatoms. The standard InChI is InChI=1S/C21H24N2O7/c1-5-29-21(27)18-12(2)19(23-13(18)3)16(24)11-30-17(25)10-22-20(26)14-6-8-15(28-4)9-7-14/h6-9,23H,5,10-11H2,1-4H3,(H,22,26). The maximum absolute atomic E-state index is 12.4. The monoisotopic (exact) mass is 416 g/mol. The Balaban J connectivity index is 1.88. The average Bonchev–Trinajstić information content (AvgIpc) is 3.04. The number of Topliss-reactive ketones (excluding diaryl/α,β-unsaturated/α-hetero) is 1. The van der Waals surface area contributed by atoms with Gasteiger partial charge in [-0.2, -0.15) is 0 Å². The molecule has 0 spiro atoms. The van der Waals surface area contributed by atoms with Crippen LogP contribution in [0.25, 0.3) is 0 Å². The molecule has 0 atom stereocenters. The second-order valence-corrected chi connectivity index (χ2v) is 6.34. The fourth-order valence-electron chi connectivity index (χ4n) is 2.80. The van der Waals surface area contributed by atoms with Gasteiger partial charge in [0.05, 0.1) is 25.0 Å². The second kappa shape index (κ2) is 10.2. The first-order valence-corrected chi connectivity index (χ1v) is 9.25. The number of benzene rings is 1. The Bertz CT molecular complexity index is 945. The Kier molecular flexibility index (Phi) is 7.74. The van der Waals surface area contributed by atoms with Gasteiger partial charge in [0, 0.05) is 11.3 Å². The lowest BCUT2D eigenvalue weighted by Crippen LogP contribution is -2.31. The van der Waals surface area contributed by atoms with E-state index in [0.29, 0.717) is 28.1 Å². The first-order valence-electron chi connectivity index (χ1n) is 9.25. The molecule has 0 aliphatic rings. The molecule has 0 unspecified atom stereocenters. The molecule has 0 saturated heterocycles. The first kappa shape index (κ1) is 22.7. The SMILES string of the molecule is CCOC(=O)c1c(C)[nH]c(C(=O)COC(=O)CNC(=O)c2ccc(OC)cc2)c1C. The number of ether oxygens (including phenoxy) is 3. The lowest BCUT2D eigenvalue weighted by atomic mass is 10.1. The smallest absolute Gasteiger partial charge is 0.340 e. The van der Waals surface area contributed by atoms with Crippen molar-refractivity contribution in [2.45, 2.75) is 20.8 Å². The fraction of sp³-hybridized carbons (Fsp3) is 0.333. The van der Waals surface area contributed by atoms with Gasteiger partial charge >= 0.3 is 11.9 Å². The van der Waals surface area contributed by atoms with Crippen LogP contribution < -0.4 is 10.1 Å². The van der Waals surface area contributed by atoms with Crippen molar-refractivity contribution in [1.29, 1.82) is 0 Å². The predicted molar refractivity (Wildman–Crippen MR) is 107 cm³/mol. The third-order valence-electron chi connectivity index (χ3n) is 4.31. The molecule has 2 aromatic rings. The largest absolute Gasteiger partial charge is 0.497 e. The van der Waals surface area contributed by atoms with Crippen LogP contribution in [0, 0.1) is 13.8 Å². The van der Waals surface area contributed by atoms with Gasteiger partial charge in [-0.15, -0.1) is 0 Å². The molecule has 0 aliphatic heterocycles. The number of carbonyl (C=O) groups excluding carboxylic acids is 4. The molecule has 0 saturated carbocycles. The first-order chi connectivity index (χ1) is 14.3. The molecule has 9 nitrogen and oxygen atoms in total. The highest BCUT2D eigenvalue weighted by Gasteiger charge is 2.23. The average molecular weight is 416 g/mol. The number of carbonyl (C=O) groups is 4. The number of hydrogen-bond donors (Lipinski definition) is 2. The molecule has 2 rings (SSSR count). The van der Waals surface area contributed by atoms with E-state index in [2.05, 4.69) is 10.3 Å². The molecular formula is C21H24N2O7. The fourth-order valence-corrected chi connectivity index (χ4v) is 2.80. The topological polar surface area (TPSA) is 124 Å². The number of hydrogen-bond acceptors (Lipinski definition) is 7. The summed E-state index contributed by atoms with van der Waals surface area (Å²) in [5.41, 5.74) is 1.74. The number of methoxy groups -OCH3 is 1. The van der Waals surface area contributed by atoms with E-state index in [-0.39, 0.29) is 12.3 Å². The summed E-state index contributed by atoms with van der Waals surface area (Å²) in [4.78, 5) is 51.1. The highest BCUT2D eigenvalue weighted by Crippen LogP contribution is 2.19. The van der Waals surface area contributed by atoms with Crippen LogP contribution in [0.2, 0.25) is 0 Å². The minimum atomic E-state index is -0.767. The van der Waals surface area contributed by atoms with Crippen LogP contribution in [0.1, 0.15) is 49.4 Å². The number of amides is 1. The zero-order chi connectivity index (χ0) is 22.3.